The van der Waals surface area contributed by atoms with Crippen molar-refractivity contribution < 1.29 is 9.21 Å². The SMILES string of the molecule is O=C1CCCN1c1ncc(Br)o1. The van der Waals surface area contributed by atoms with Gasteiger partial charge >= 0.3 is 6.01 Å². The molecule has 1 aromatic heterocycles. The molecular formula is C7H7BrN2O2. The Morgan fingerprint density at radius 2 is 2.50 bits per heavy atom. The summed E-state index contributed by atoms with van der Waals surface area (Å²) in [6, 6.07) is 0.393. The van der Waals surface area contributed by atoms with Crippen LogP contribution in [0.5, 0.6) is 0 Å². The first-order valence-electron chi connectivity index (χ1n) is 3.69. The molecule has 1 amide bonds. The molecule has 0 spiro atoms. The molecule has 5 heteroatoms. The maximum Gasteiger partial charge on any atom is 0.305 e. The molecule has 0 saturated carbocycles. The molecule has 0 unspecified atom stereocenters. The van der Waals surface area contributed by atoms with Crippen molar-refractivity contribution in [2.75, 3.05) is 11.4 Å². The Balaban J connectivity index is 2.24. The third-order valence-electron chi connectivity index (χ3n) is 1.77. The second-order valence-electron chi connectivity index (χ2n) is 2.60. The van der Waals surface area contributed by atoms with Gasteiger partial charge < -0.3 is 4.42 Å². The van der Waals surface area contributed by atoms with Crippen molar-refractivity contribution in [2.45, 2.75) is 12.8 Å². The zero-order chi connectivity index (χ0) is 8.55. The number of hydrogen-bond acceptors (Lipinski definition) is 3. The Kier molecular flexibility index (Phi) is 1.88. The minimum absolute atomic E-state index is 0.0874. The molecule has 1 aliphatic heterocycles. The van der Waals surface area contributed by atoms with E-state index >= 15 is 0 Å². The first-order valence-corrected chi connectivity index (χ1v) is 4.48. The average Bonchev–Trinajstić information content (AvgIpc) is 2.58. The Hall–Kier alpha value is -0.840. The molecule has 2 heterocycles. The largest absolute Gasteiger partial charge is 0.416 e. The summed E-state index contributed by atoms with van der Waals surface area (Å²) in [4.78, 5) is 16.7. The molecular weight excluding hydrogens is 224 g/mol. The van der Waals surface area contributed by atoms with Crippen LogP contribution in [-0.4, -0.2) is 17.4 Å². The molecule has 1 saturated heterocycles. The molecule has 0 atom stereocenters. The van der Waals surface area contributed by atoms with Crippen molar-refractivity contribution in [3.63, 3.8) is 0 Å². The van der Waals surface area contributed by atoms with Crippen molar-refractivity contribution in [3.05, 3.63) is 10.9 Å². The fraction of sp³-hybridized carbons (Fsp3) is 0.429. The summed E-state index contributed by atoms with van der Waals surface area (Å²) in [7, 11) is 0. The number of halogens is 1. The van der Waals surface area contributed by atoms with E-state index < -0.39 is 0 Å². The fourth-order valence-electron chi connectivity index (χ4n) is 1.22. The lowest BCUT2D eigenvalue weighted by Crippen LogP contribution is -2.23. The third-order valence-corrected chi connectivity index (χ3v) is 2.14. The highest BCUT2D eigenvalue weighted by atomic mass is 79.9. The lowest BCUT2D eigenvalue weighted by molar-refractivity contribution is -0.117. The molecule has 0 radical (unpaired) electrons. The van der Waals surface area contributed by atoms with E-state index in [0.29, 0.717) is 23.6 Å². The molecule has 0 N–H and O–H groups in total. The maximum atomic E-state index is 11.2. The van der Waals surface area contributed by atoms with Crippen LogP contribution in [0.15, 0.2) is 15.3 Å². The van der Waals surface area contributed by atoms with Crippen LogP contribution in [0.2, 0.25) is 0 Å². The maximum absolute atomic E-state index is 11.2. The van der Waals surface area contributed by atoms with Gasteiger partial charge in [-0.2, -0.15) is 0 Å². The highest BCUT2D eigenvalue weighted by Crippen LogP contribution is 2.22. The number of carbonyl (C=O) groups is 1. The van der Waals surface area contributed by atoms with E-state index in [-0.39, 0.29) is 5.91 Å². The highest BCUT2D eigenvalue weighted by molar-refractivity contribution is 9.10. The van der Waals surface area contributed by atoms with Crippen LogP contribution in [0.4, 0.5) is 6.01 Å². The predicted octanol–water partition coefficient (Wildman–Crippen LogP) is 1.56. The summed E-state index contributed by atoms with van der Waals surface area (Å²) in [5.41, 5.74) is 0. The van der Waals surface area contributed by atoms with Gasteiger partial charge in [0.15, 0.2) is 4.67 Å². The molecule has 2 rings (SSSR count). The summed E-state index contributed by atoms with van der Waals surface area (Å²) >= 11 is 3.13. The normalized spacial score (nSPS) is 17.4. The van der Waals surface area contributed by atoms with Gasteiger partial charge in [0.25, 0.3) is 0 Å². The predicted molar refractivity (Wildman–Crippen MR) is 45.8 cm³/mol. The number of hydrogen-bond donors (Lipinski definition) is 0. The van der Waals surface area contributed by atoms with Crippen LogP contribution in [0.25, 0.3) is 0 Å². The van der Waals surface area contributed by atoms with E-state index in [1.807, 2.05) is 0 Å². The summed E-state index contributed by atoms with van der Waals surface area (Å²) < 4.78 is 5.70. The summed E-state index contributed by atoms with van der Waals surface area (Å²) in [6.07, 6.45) is 3.03. The topological polar surface area (TPSA) is 46.3 Å². The van der Waals surface area contributed by atoms with Gasteiger partial charge in [-0.1, -0.05) is 0 Å². The van der Waals surface area contributed by atoms with E-state index in [4.69, 9.17) is 4.42 Å². The van der Waals surface area contributed by atoms with Gasteiger partial charge in [0.05, 0.1) is 6.20 Å². The van der Waals surface area contributed by atoms with E-state index in [1.165, 1.54) is 0 Å². The number of aromatic nitrogens is 1. The fourth-order valence-corrected chi connectivity index (χ4v) is 1.47. The smallest absolute Gasteiger partial charge is 0.305 e. The number of oxazole rings is 1. The second-order valence-corrected chi connectivity index (χ2v) is 3.38. The molecule has 1 aliphatic rings. The zero-order valence-corrected chi connectivity index (χ0v) is 7.87. The molecule has 64 valence electrons. The van der Waals surface area contributed by atoms with Crippen molar-refractivity contribution in [2.24, 2.45) is 0 Å². The lowest BCUT2D eigenvalue weighted by atomic mass is 10.4. The van der Waals surface area contributed by atoms with Gasteiger partial charge in [0.1, 0.15) is 0 Å². The van der Waals surface area contributed by atoms with Crippen LogP contribution < -0.4 is 4.90 Å². The quantitative estimate of drug-likeness (QED) is 0.736. The summed E-state index contributed by atoms with van der Waals surface area (Å²) in [5.74, 6) is 0.0874. The van der Waals surface area contributed by atoms with Crippen molar-refractivity contribution in [3.8, 4) is 0 Å². The van der Waals surface area contributed by atoms with Gasteiger partial charge in [-0.05, 0) is 22.4 Å². The molecule has 0 aliphatic carbocycles. The minimum atomic E-state index is 0.0874. The van der Waals surface area contributed by atoms with Gasteiger partial charge in [0, 0.05) is 13.0 Å². The van der Waals surface area contributed by atoms with Crippen molar-refractivity contribution >= 4 is 27.9 Å². The number of rotatable bonds is 1. The average molecular weight is 231 g/mol. The van der Waals surface area contributed by atoms with Gasteiger partial charge in [-0.15, -0.1) is 0 Å². The first-order chi connectivity index (χ1) is 5.77. The second kappa shape index (κ2) is 2.90. The molecule has 1 fully saturated rings. The third kappa shape index (κ3) is 1.24. The van der Waals surface area contributed by atoms with E-state index in [2.05, 4.69) is 20.9 Å². The minimum Gasteiger partial charge on any atom is -0.416 e. The standard InChI is InChI=1S/C7H7BrN2O2/c8-5-4-9-7(12-5)10-3-1-2-6(10)11/h4H,1-3H2. The first kappa shape index (κ1) is 7.79. The molecule has 1 aromatic rings. The monoisotopic (exact) mass is 230 g/mol. The Morgan fingerprint density at radius 3 is 3.00 bits per heavy atom. The van der Waals surface area contributed by atoms with Gasteiger partial charge in [-0.3, -0.25) is 9.69 Å². The van der Waals surface area contributed by atoms with Crippen LogP contribution in [0.3, 0.4) is 0 Å². The van der Waals surface area contributed by atoms with Crippen LogP contribution in [0, 0.1) is 0 Å². The van der Waals surface area contributed by atoms with Crippen LogP contribution in [0.1, 0.15) is 12.8 Å². The highest BCUT2D eigenvalue weighted by Gasteiger charge is 2.25. The Bertz CT molecular complexity index is 310. The number of anilines is 1. The lowest BCUT2D eigenvalue weighted by Gasteiger charge is -2.08. The molecule has 4 nitrogen and oxygen atoms in total. The van der Waals surface area contributed by atoms with Gasteiger partial charge in [0.2, 0.25) is 5.91 Å². The Labute approximate surface area is 77.7 Å². The molecule has 0 aromatic carbocycles. The van der Waals surface area contributed by atoms with Crippen LogP contribution in [-0.2, 0) is 4.79 Å². The van der Waals surface area contributed by atoms with E-state index in [9.17, 15) is 4.79 Å². The Morgan fingerprint density at radius 1 is 1.67 bits per heavy atom. The molecule has 12 heavy (non-hydrogen) atoms. The van der Waals surface area contributed by atoms with E-state index in [0.717, 1.165) is 6.42 Å². The van der Waals surface area contributed by atoms with E-state index in [1.54, 1.807) is 11.1 Å². The zero-order valence-electron chi connectivity index (χ0n) is 6.29. The number of amides is 1. The van der Waals surface area contributed by atoms with Crippen molar-refractivity contribution in [1.82, 2.24) is 4.98 Å². The van der Waals surface area contributed by atoms with Crippen molar-refractivity contribution in [1.29, 1.82) is 0 Å². The summed E-state index contributed by atoms with van der Waals surface area (Å²) in [5, 5.41) is 0. The number of carbonyl (C=O) groups excluding carboxylic acids is 1. The van der Waals surface area contributed by atoms with Crippen LogP contribution >= 0.6 is 15.9 Å². The number of nitrogens with zero attached hydrogens (tertiary/aromatic N) is 2. The van der Waals surface area contributed by atoms with Gasteiger partial charge in [-0.25, -0.2) is 4.98 Å². The summed E-state index contributed by atoms with van der Waals surface area (Å²) in [6.45, 7) is 0.714. The molecule has 0 bridgehead atoms.